The zero-order valence-electron chi connectivity index (χ0n) is 16.2. The van der Waals surface area contributed by atoms with Crippen molar-refractivity contribution in [3.8, 4) is 29.0 Å². The minimum atomic E-state index is -0.957. The van der Waals surface area contributed by atoms with Crippen molar-refractivity contribution in [1.29, 1.82) is 0 Å². The number of hydrogen-bond acceptors (Lipinski definition) is 3. The van der Waals surface area contributed by atoms with Crippen LogP contribution in [0.4, 0.5) is 17.6 Å². The largest absolute Gasteiger partial charge is 0.491 e. The number of ether oxygens (including phenoxy) is 1. The fraction of sp³-hybridized carbons (Fsp3) is 0.0833. The van der Waals surface area contributed by atoms with Crippen LogP contribution >= 0.6 is 0 Å². The topological polar surface area (TPSA) is 35.0 Å². The van der Waals surface area contributed by atoms with Gasteiger partial charge < -0.3 is 4.74 Å². The van der Waals surface area contributed by atoms with Gasteiger partial charge in [0, 0.05) is 16.5 Å². The summed E-state index contributed by atoms with van der Waals surface area (Å²) in [6.45, 7) is 2.26. The lowest BCUT2D eigenvalue weighted by atomic mass is 10.1. The molecule has 0 amide bonds. The zero-order chi connectivity index (χ0) is 22.0. The molecule has 0 N–H and O–H groups in total. The van der Waals surface area contributed by atoms with Crippen LogP contribution in [0.3, 0.4) is 0 Å². The fourth-order valence-corrected chi connectivity index (χ4v) is 3.01. The molecule has 31 heavy (non-hydrogen) atoms. The number of rotatable bonds is 3. The van der Waals surface area contributed by atoms with E-state index in [2.05, 4.69) is 21.8 Å². The average molecular weight is 422 g/mol. The van der Waals surface area contributed by atoms with E-state index in [-0.39, 0.29) is 16.8 Å². The van der Waals surface area contributed by atoms with Crippen LogP contribution in [0, 0.1) is 35.1 Å². The summed E-state index contributed by atoms with van der Waals surface area (Å²) in [5.74, 6) is 2.07. The maximum atomic E-state index is 14.5. The van der Waals surface area contributed by atoms with E-state index in [1.165, 1.54) is 36.7 Å². The molecule has 0 aliphatic heterocycles. The third-order valence-electron chi connectivity index (χ3n) is 4.48. The van der Waals surface area contributed by atoms with E-state index in [1.54, 1.807) is 0 Å². The van der Waals surface area contributed by atoms with E-state index in [0.717, 1.165) is 18.2 Å². The van der Waals surface area contributed by atoms with Gasteiger partial charge in [-0.2, -0.15) is 0 Å². The summed E-state index contributed by atoms with van der Waals surface area (Å²) < 4.78 is 61.4. The van der Waals surface area contributed by atoms with E-state index in [4.69, 9.17) is 4.74 Å². The van der Waals surface area contributed by atoms with Crippen molar-refractivity contribution in [2.75, 3.05) is 6.61 Å². The van der Waals surface area contributed by atoms with Crippen LogP contribution in [0.5, 0.6) is 5.75 Å². The Kier molecular flexibility index (Phi) is 5.54. The number of aromatic nitrogens is 2. The van der Waals surface area contributed by atoms with Crippen molar-refractivity contribution in [2.45, 2.75) is 6.92 Å². The molecule has 0 atom stereocenters. The van der Waals surface area contributed by atoms with E-state index in [0.29, 0.717) is 23.3 Å². The maximum absolute atomic E-state index is 14.5. The van der Waals surface area contributed by atoms with Gasteiger partial charge in [0.05, 0.1) is 24.6 Å². The van der Waals surface area contributed by atoms with Gasteiger partial charge in [-0.1, -0.05) is 24.0 Å². The average Bonchev–Trinajstić information content (AvgIpc) is 2.76. The molecule has 1 aromatic heterocycles. The predicted molar refractivity (Wildman–Crippen MR) is 108 cm³/mol. The molecule has 0 aliphatic carbocycles. The molecule has 0 saturated heterocycles. The van der Waals surface area contributed by atoms with Crippen LogP contribution in [-0.2, 0) is 0 Å². The minimum absolute atomic E-state index is 0.0996. The number of benzene rings is 3. The van der Waals surface area contributed by atoms with E-state index in [1.807, 2.05) is 6.92 Å². The lowest BCUT2D eigenvalue weighted by molar-refractivity contribution is 0.337. The molecule has 4 aromatic rings. The molecule has 3 nitrogen and oxygen atoms in total. The van der Waals surface area contributed by atoms with Crippen LogP contribution < -0.4 is 4.74 Å². The Bertz CT molecular complexity index is 1320. The van der Waals surface area contributed by atoms with Gasteiger partial charge in [-0.15, -0.1) is 0 Å². The van der Waals surface area contributed by atoms with Gasteiger partial charge in [-0.3, -0.25) is 0 Å². The number of fused-ring (bicyclic) bond motifs is 1. The molecule has 0 radical (unpaired) electrons. The second-order valence-corrected chi connectivity index (χ2v) is 6.54. The third-order valence-corrected chi connectivity index (χ3v) is 4.48. The summed E-state index contributed by atoms with van der Waals surface area (Å²) in [7, 11) is 0. The Balaban J connectivity index is 1.65. The SMILES string of the molecule is CCOc1cnc(-c2cc(F)c(C#Cc3ccc4c(F)c(F)ccc4c3)c(F)c2)nc1. The first kappa shape index (κ1) is 20.4. The van der Waals surface area contributed by atoms with Crippen LogP contribution in [0.1, 0.15) is 18.1 Å². The molecule has 0 aliphatic rings. The van der Waals surface area contributed by atoms with Crippen LogP contribution in [0.25, 0.3) is 22.2 Å². The predicted octanol–water partition coefficient (Wildman–Crippen LogP) is 5.65. The highest BCUT2D eigenvalue weighted by Crippen LogP contribution is 2.24. The zero-order valence-corrected chi connectivity index (χ0v) is 16.2. The van der Waals surface area contributed by atoms with Gasteiger partial charge in [0.25, 0.3) is 0 Å². The summed E-state index contributed by atoms with van der Waals surface area (Å²) in [6, 6.07) is 8.96. The number of nitrogens with zero attached hydrogens (tertiary/aromatic N) is 2. The Hall–Kier alpha value is -3.92. The maximum Gasteiger partial charge on any atom is 0.166 e. The smallest absolute Gasteiger partial charge is 0.166 e. The van der Waals surface area contributed by atoms with Gasteiger partial charge in [-0.05, 0) is 42.6 Å². The van der Waals surface area contributed by atoms with Gasteiger partial charge in [-0.25, -0.2) is 27.5 Å². The van der Waals surface area contributed by atoms with Gasteiger partial charge in [0.1, 0.15) is 11.6 Å². The summed E-state index contributed by atoms with van der Waals surface area (Å²) >= 11 is 0. The summed E-state index contributed by atoms with van der Waals surface area (Å²) in [6.07, 6.45) is 2.84. The monoisotopic (exact) mass is 422 g/mol. The molecule has 0 spiro atoms. The molecule has 154 valence electrons. The van der Waals surface area contributed by atoms with Crippen LogP contribution in [0.2, 0.25) is 0 Å². The van der Waals surface area contributed by atoms with Crippen molar-refractivity contribution in [3.63, 3.8) is 0 Å². The van der Waals surface area contributed by atoms with E-state index >= 15 is 0 Å². The van der Waals surface area contributed by atoms with Crippen molar-refractivity contribution < 1.29 is 22.3 Å². The van der Waals surface area contributed by atoms with Gasteiger partial charge >= 0.3 is 0 Å². The molecule has 4 rings (SSSR count). The highest BCUT2D eigenvalue weighted by atomic mass is 19.2. The second kappa shape index (κ2) is 8.44. The number of hydrogen-bond donors (Lipinski definition) is 0. The lowest BCUT2D eigenvalue weighted by Gasteiger charge is -2.05. The molecule has 1 heterocycles. The Morgan fingerprint density at radius 3 is 2.23 bits per heavy atom. The van der Waals surface area contributed by atoms with Crippen molar-refractivity contribution in [3.05, 3.63) is 89.3 Å². The van der Waals surface area contributed by atoms with Crippen molar-refractivity contribution in [1.82, 2.24) is 9.97 Å². The standard InChI is InChI=1S/C24H14F4N2O/c1-2-31-17-12-29-24(30-13-17)16-10-21(26)19(22(27)11-16)7-4-14-3-6-18-15(9-14)5-8-20(25)23(18)28/h3,5-6,8-13H,2H2,1H3. The molecule has 0 bridgehead atoms. The van der Waals surface area contributed by atoms with Crippen molar-refractivity contribution in [2.24, 2.45) is 0 Å². The lowest BCUT2D eigenvalue weighted by Crippen LogP contribution is -1.97. The first-order valence-corrected chi connectivity index (χ1v) is 9.30. The first-order chi connectivity index (χ1) is 15.0. The summed E-state index contributed by atoms with van der Waals surface area (Å²) in [4.78, 5) is 8.10. The minimum Gasteiger partial charge on any atom is -0.491 e. The van der Waals surface area contributed by atoms with Gasteiger partial charge in [0.2, 0.25) is 0 Å². The second-order valence-electron chi connectivity index (χ2n) is 6.54. The number of halogens is 4. The summed E-state index contributed by atoms with van der Waals surface area (Å²) in [5, 5.41) is 0.525. The molecule has 0 unspecified atom stereocenters. The molecule has 7 heteroatoms. The highest BCUT2D eigenvalue weighted by molar-refractivity contribution is 5.84. The van der Waals surface area contributed by atoms with Crippen LogP contribution in [-0.4, -0.2) is 16.6 Å². The molecule has 3 aromatic carbocycles. The Morgan fingerprint density at radius 2 is 1.55 bits per heavy atom. The van der Waals surface area contributed by atoms with E-state index < -0.39 is 28.8 Å². The summed E-state index contributed by atoms with van der Waals surface area (Å²) in [5.41, 5.74) is 0.142. The quantitative estimate of drug-likeness (QED) is 0.316. The normalized spacial score (nSPS) is 10.6. The molecule has 0 saturated carbocycles. The first-order valence-electron chi connectivity index (χ1n) is 9.30. The van der Waals surface area contributed by atoms with Crippen molar-refractivity contribution >= 4 is 10.8 Å². The molecule has 0 fully saturated rings. The molecular formula is C24H14F4N2O. The molecular weight excluding hydrogens is 408 g/mol. The third kappa shape index (κ3) is 4.19. The Labute approximate surface area is 175 Å². The van der Waals surface area contributed by atoms with E-state index in [9.17, 15) is 17.6 Å². The highest BCUT2D eigenvalue weighted by Gasteiger charge is 2.13. The van der Waals surface area contributed by atoms with Crippen LogP contribution in [0.15, 0.2) is 54.9 Å². The van der Waals surface area contributed by atoms with Gasteiger partial charge in [0.15, 0.2) is 23.2 Å². The Morgan fingerprint density at radius 1 is 0.839 bits per heavy atom. The fourth-order valence-electron chi connectivity index (χ4n) is 3.01.